The molecule has 22 heavy (non-hydrogen) atoms. The molecule has 1 aliphatic rings. The number of nitro benzene ring substituents is 1. The monoisotopic (exact) mass is 303 g/mol. The number of hydrogen-bond acceptors (Lipinski definition) is 5. The molecular formula is C15H10FNO5. The second-order valence-corrected chi connectivity index (χ2v) is 4.61. The van der Waals surface area contributed by atoms with E-state index < -0.39 is 16.5 Å². The number of ketones is 1. The number of nitrogens with zero attached hydrogens (tertiary/aromatic N) is 1. The molecule has 112 valence electrons. The fourth-order valence-corrected chi connectivity index (χ4v) is 2.17. The van der Waals surface area contributed by atoms with E-state index in [4.69, 9.17) is 9.47 Å². The molecule has 7 heteroatoms. The lowest BCUT2D eigenvalue weighted by Crippen LogP contribution is -2.16. The molecule has 0 aliphatic carbocycles. The largest absolute Gasteiger partial charge is 0.486 e. The van der Waals surface area contributed by atoms with Crippen molar-refractivity contribution in [1.82, 2.24) is 0 Å². The lowest BCUT2D eigenvalue weighted by Gasteiger charge is -2.18. The summed E-state index contributed by atoms with van der Waals surface area (Å²) in [6, 6.07) is 7.26. The Hall–Kier alpha value is -2.96. The second-order valence-electron chi connectivity index (χ2n) is 4.61. The van der Waals surface area contributed by atoms with Gasteiger partial charge in [-0.05, 0) is 24.3 Å². The van der Waals surface area contributed by atoms with Crippen molar-refractivity contribution in [3.05, 3.63) is 63.5 Å². The van der Waals surface area contributed by atoms with E-state index in [0.29, 0.717) is 6.61 Å². The summed E-state index contributed by atoms with van der Waals surface area (Å²) in [7, 11) is 0. The minimum Gasteiger partial charge on any atom is -0.486 e. The van der Waals surface area contributed by atoms with E-state index in [9.17, 15) is 19.3 Å². The minimum absolute atomic E-state index is 0.124. The van der Waals surface area contributed by atoms with Gasteiger partial charge in [-0.25, -0.2) is 4.39 Å². The van der Waals surface area contributed by atoms with Gasteiger partial charge in [0.2, 0.25) is 0 Å². The number of fused-ring (bicyclic) bond motifs is 1. The van der Waals surface area contributed by atoms with Gasteiger partial charge in [-0.15, -0.1) is 0 Å². The number of ether oxygens (including phenoxy) is 2. The number of benzene rings is 2. The summed E-state index contributed by atoms with van der Waals surface area (Å²) in [6.07, 6.45) is 0. The standard InChI is InChI=1S/C15H10FNO5/c16-10-3-1-9(2-4-10)15(18)11-7-13-14(22-6-5-21-13)8-12(11)17(19)20/h1-4,7-8H,5-6H2. The molecule has 0 bridgehead atoms. The van der Waals surface area contributed by atoms with E-state index in [-0.39, 0.29) is 34.9 Å². The maximum absolute atomic E-state index is 12.9. The Bertz CT molecular complexity index is 757. The van der Waals surface area contributed by atoms with Crippen molar-refractivity contribution in [3.63, 3.8) is 0 Å². The van der Waals surface area contributed by atoms with E-state index in [0.717, 1.165) is 12.1 Å². The molecule has 0 amide bonds. The van der Waals surface area contributed by atoms with Crippen molar-refractivity contribution in [1.29, 1.82) is 0 Å². The molecule has 2 aromatic carbocycles. The number of hydrogen-bond donors (Lipinski definition) is 0. The quantitative estimate of drug-likeness (QED) is 0.495. The molecule has 0 radical (unpaired) electrons. The Morgan fingerprint density at radius 1 is 1.09 bits per heavy atom. The van der Waals surface area contributed by atoms with Gasteiger partial charge in [0, 0.05) is 11.6 Å². The third kappa shape index (κ3) is 2.48. The Kier molecular flexibility index (Phi) is 3.46. The first-order valence-corrected chi connectivity index (χ1v) is 6.44. The summed E-state index contributed by atoms with van der Waals surface area (Å²) in [5.41, 5.74) is -0.347. The second kappa shape index (κ2) is 5.44. The molecule has 6 nitrogen and oxygen atoms in total. The number of carbonyl (C=O) groups is 1. The predicted octanol–water partition coefficient (Wildman–Crippen LogP) is 2.74. The highest BCUT2D eigenvalue weighted by molar-refractivity contribution is 6.11. The normalized spacial score (nSPS) is 12.8. The van der Waals surface area contributed by atoms with Crippen molar-refractivity contribution in [2.24, 2.45) is 0 Å². The number of halogens is 1. The van der Waals surface area contributed by atoms with Crippen molar-refractivity contribution >= 4 is 11.5 Å². The van der Waals surface area contributed by atoms with Crippen LogP contribution in [0.2, 0.25) is 0 Å². The van der Waals surface area contributed by atoms with Gasteiger partial charge in [0.25, 0.3) is 5.69 Å². The third-order valence-corrected chi connectivity index (χ3v) is 3.21. The van der Waals surface area contributed by atoms with Crippen LogP contribution in [0.15, 0.2) is 36.4 Å². The summed E-state index contributed by atoms with van der Waals surface area (Å²) in [5.74, 6) is -0.562. The van der Waals surface area contributed by atoms with Crippen LogP contribution in [0.25, 0.3) is 0 Å². The molecule has 0 unspecified atom stereocenters. The van der Waals surface area contributed by atoms with E-state index in [2.05, 4.69) is 0 Å². The van der Waals surface area contributed by atoms with E-state index >= 15 is 0 Å². The van der Waals surface area contributed by atoms with Crippen LogP contribution in [0.5, 0.6) is 11.5 Å². The molecule has 1 heterocycles. The van der Waals surface area contributed by atoms with Crippen molar-refractivity contribution < 1.29 is 23.6 Å². The highest BCUT2D eigenvalue weighted by Gasteiger charge is 2.26. The van der Waals surface area contributed by atoms with Gasteiger partial charge in [0.15, 0.2) is 17.3 Å². The van der Waals surface area contributed by atoms with Crippen LogP contribution in [-0.2, 0) is 0 Å². The van der Waals surface area contributed by atoms with Crippen LogP contribution in [-0.4, -0.2) is 23.9 Å². The van der Waals surface area contributed by atoms with E-state index in [1.165, 1.54) is 24.3 Å². The summed E-state index contributed by atoms with van der Waals surface area (Å²) in [4.78, 5) is 23.0. The predicted molar refractivity (Wildman–Crippen MR) is 73.9 cm³/mol. The minimum atomic E-state index is -0.658. The molecule has 0 N–H and O–H groups in total. The van der Waals surface area contributed by atoms with Crippen molar-refractivity contribution in [3.8, 4) is 11.5 Å². The highest BCUT2D eigenvalue weighted by Crippen LogP contribution is 2.37. The molecule has 0 saturated heterocycles. The molecule has 0 aromatic heterocycles. The zero-order valence-corrected chi connectivity index (χ0v) is 11.2. The number of rotatable bonds is 3. The lowest BCUT2D eigenvalue weighted by atomic mass is 10.0. The Balaban J connectivity index is 2.10. The molecular weight excluding hydrogens is 293 g/mol. The molecule has 3 rings (SSSR count). The fraction of sp³-hybridized carbons (Fsp3) is 0.133. The number of nitro groups is 1. The summed E-state index contributed by atoms with van der Waals surface area (Å²) >= 11 is 0. The van der Waals surface area contributed by atoms with Crippen LogP contribution in [0.1, 0.15) is 15.9 Å². The Labute approximate surface area is 124 Å². The molecule has 2 aromatic rings. The van der Waals surface area contributed by atoms with Gasteiger partial charge < -0.3 is 9.47 Å². The first kappa shape index (κ1) is 14.0. The van der Waals surface area contributed by atoms with Crippen LogP contribution >= 0.6 is 0 Å². The van der Waals surface area contributed by atoms with E-state index in [1.807, 2.05) is 0 Å². The number of carbonyl (C=O) groups excluding carboxylic acids is 1. The first-order valence-electron chi connectivity index (χ1n) is 6.44. The average Bonchev–Trinajstić information content (AvgIpc) is 2.53. The zero-order valence-electron chi connectivity index (χ0n) is 11.2. The van der Waals surface area contributed by atoms with E-state index in [1.54, 1.807) is 0 Å². The van der Waals surface area contributed by atoms with Gasteiger partial charge in [-0.1, -0.05) is 0 Å². The van der Waals surface area contributed by atoms with Gasteiger partial charge in [-0.3, -0.25) is 14.9 Å². The van der Waals surface area contributed by atoms with Gasteiger partial charge in [-0.2, -0.15) is 0 Å². The average molecular weight is 303 g/mol. The van der Waals surface area contributed by atoms with Crippen LogP contribution in [0, 0.1) is 15.9 Å². The van der Waals surface area contributed by atoms with Gasteiger partial charge in [0.1, 0.15) is 24.6 Å². The smallest absolute Gasteiger partial charge is 0.284 e. The third-order valence-electron chi connectivity index (χ3n) is 3.21. The Morgan fingerprint density at radius 2 is 1.68 bits per heavy atom. The van der Waals surface area contributed by atoms with Crippen LogP contribution in [0.3, 0.4) is 0 Å². The maximum Gasteiger partial charge on any atom is 0.284 e. The van der Waals surface area contributed by atoms with Gasteiger partial charge >= 0.3 is 0 Å². The molecule has 1 aliphatic heterocycles. The summed E-state index contributed by atoms with van der Waals surface area (Å²) in [6.45, 7) is 0.588. The maximum atomic E-state index is 12.9. The molecule has 0 fully saturated rings. The molecule has 0 spiro atoms. The Morgan fingerprint density at radius 3 is 2.27 bits per heavy atom. The lowest BCUT2D eigenvalue weighted by molar-refractivity contribution is -0.385. The van der Waals surface area contributed by atoms with Crippen LogP contribution in [0.4, 0.5) is 10.1 Å². The highest BCUT2D eigenvalue weighted by atomic mass is 19.1. The molecule has 0 saturated carbocycles. The zero-order chi connectivity index (χ0) is 15.7. The van der Waals surface area contributed by atoms with Crippen LogP contribution < -0.4 is 9.47 Å². The fourth-order valence-electron chi connectivity index (χ4n) is 2.17. The van der Waals surface area contributed by atoms with Gasteiger partial charge in [0.05, 0.1) is 11.0 Å². The SMILES string of the molecule is O=C(c1ccc(F)cc1)c1cc2c(cc1[N+](=O)[O-])OCCO2. The topological polar surface area (TPSA) is 78.7 Å². The van der Waals surface area contributed by atoms with Crippen molar-refractivity contribution in [2.45, 2.75) is 0 Å². The summed E-state index contributed by atoms with van der Waals surface area (Å²) < 4.78 is 23.6. The van der Waals surface area contributed by atoms with Crippen molar-refractivity contribution in [2.75, 3.05) is 13.2 Å². The summed E-state index contributed by atoms with van der Waals surface area (Å²) in [5, 5.41) is 11.2. The molecule has 0 atom stereocenters. The first-order chi connectivity index (χ1) is 10.6.